The quantitative estimate of drug-likeness (QED) is 0.778. The van der Waals surface area contributed by atoms with Gasteiger partial charge in [-0.25, -0.2) is 0 Å². The van der Waals surface area contributed by atoms with Crippen LogP contribution in [0.2, 0.25) is 0 Å². The van der Waals surface area contributed by atoms with Gasteiger partial charge in [-0.1, -0.05) is 6.07 Å². The summed E-state index contributed by atoms with van der Waals surface area (Å²) in [7, 11) is 2.18. The van der Waals surface area contributed by atoms with E-state index in [4.69, 9.17) is 4.74 Å². The van der Waals surface area contributed by atoms with Crippen LogP contribution in [0.1, 0.15) is 12.8 Å². The molecule has 15 heavy (non-hydrogen) atoms. The van der Waals surface area contributed by atoms with Crippen LogP contribution in [0.4, 0.5) is 5.69 Å². The van der Waals surface area contributed by atoms with Crippen LogP contribution in [-0.4, -0.2) is 26.3 Å². The molecule has 0 spiro atoms. The van der Waals surface area contributed by atoms with Crippen LogP contribution < -0.4 is 4.90 Å². The van der Waals surface area contributed by atoms with Crippen molar-refractivity contribution in [2.45, 2.75) is 18.9 Å². The molecule has 1 saturated heterocycles. The van der Waals surface area contributed by atoms with E-state index >= 15 is 0 Å². The van der Waals surface area contributed by atoms with E-state index in [-0.39, 0.29) is 0 Å². The monoisotopic (exact) mass is 317 g/mol. The molecule has 82 valence electrons. The van der Waals surface area contributed by atoms with Crippen LogP contribution >= 0.6 is 22.6 Å². The van der Waals surface area contributed by atoms with Gasteiger partial charge >= 0.3 is 0 Å². The molecule has 0 aliphatic carbocycles. The molecule has 1 heterocycles. The van der Waals surface area contributed by atoms with Crippen molar-refractivity contribution in [3.05, 3.63) is 27.8 Å². The zero-order valence-corrected chi connectivity index (χ0v) is 11.1. The van der Waals surface area contributed by atoms with Gasteiger partial charge in [0, 0.05) is 35.6 Å². The van der Waals surface area contributed by atoms with E-state index in [9.17, 15) is 0 Å². The Labute approximate surface area is 105 Å². The number of anilines is 1. The van der Waals surface area contributed by atoms with Gasteiger partial charge in [0.15, 0.2) is 0 Å². The van der Waals surface area contributed by atoms with E-state index in [0.717, 1.165) is 26.1 Å². The zero-order chi connectivity index (χ0) is 10.7. The predicted octanol–water partition coefficient (Wildman–Crippen LogP) is 2.91. The van der Waals surface area contributed by atoms with Crippen LogP contribution in [-0.2, 0) is 4.74 Å². The molecule has 0 amide bonds. The largest absolute Gasteiger partial charge is 0.381 e. The van der Waals surface area contributed by atoms with Crippen LogP contribution in [0.3, 0.4) is 0 Å². The first-order chi connectivity index (χ1) is 7.27. The second kappa shape index (κ2) is 5.16. The van der Waals surface area contributed by atoms with Gasteiger partial charge in [0.2, 0.25) is 0 Å². The molecule has 1 aromatic rings. The van der Waals surface area contributed by atoms with Crippen molar-refractivity contribution in [3.8, 4) is 0 Å². The van der Waals surface area contributed by atoms with Crippen LogP contribution in [0.15, 0.2) is 24.3 Å². The lowest BCUT2D eigenvalue weighted by molar-refractivity contribution is 0.0855. The fraction of sp³-hybridized carbons (Fsp3) is 0.500. The third kappa shape index (κ3) is 2.84. The Balaban J connectivity index is 2.08. The molecule has 1 aromatic carbocycles. The normalized spacial score (nSPS) is 17.7. The topological polar surface area (TPSA) is 12.5 Å². The van der Waals surface area contributed by atoms with Crippen molar-refractivity contribution >= 4 is 28.3 Å². The summed E-state index contributed by atoms with van der Waals surface area (Å²) >= 11 is 2.36. The van der Waals surface area contributed by atoms with Crippen LogP contribution in [0, 0.1) is 3.57 Å². The molecule has 1 fully saturated rings. The summed E-state index contributed by atoms with van der Waals surface area (Å²) in [5.74, 6) is 0. The molecule has 0 radical (unpaired) electrons. The number of halogens is 1. The highest BCUT2D eigenvalue weighted by atomic mass is 127. The summed E-state index contributed by atoms with van der Waals surface area (Å²) < 4.78 is 6.68. The van der Waals surface area contributed by atoms with Crippen LogP contribution in [0.25, 0.3) is 0 Å². The highest BCUT2D eigenvalue weighted by molar-refractivity contribution is 14.1. The Hall–Kier alpha value is -0.290. The zero-order valence-electron chi connectivity index (χ0n) is 8.95. The number of benzene rings is 1. The van der Waals surface area contributed by atoms with Crippen molar-refractivity contribution in [1.82, 2.24) is 0 Å². The Kier molecular flexibility index (Phi) is 3.86. The minimum atomic E-state index is 0.636. The average Bonchev–Trinajstić information content (AvgIpc) is 2.29. The van der Waals surface area contributed by atoms with Gasteiger partial charge in [0.1, 0.15) is 0 Å². The first-order valence-electron chi connectivity index (χ1n) is 5.33. The van der Waals surface area contributed by atoms with Crippen molar-refractivity contribution in [2.75, 3.05) is 25.2 Å². The SMILES string of the molecule is CN(c1cccc(I)c1)C1CCOCC1. The maximum absolute atomic E-state index is 5.38. The lowest BCUT2D eigenvalue weighted by Gasteiger charge is -2.33. The fourth-order valence-corrected chi connectivity index (χ4v) is 2.51. The molecular formula is C12H16INO. The van der Waals surface area contributed by atoms with Gasteiger partial charge in [-0.15, -0.1) is 0 Å². The molecule has 1 aliphatic heterocycles. The van der Waals surface area contributed by atoms with E-state index in [1.165, 1.54) is 9.26 Å². The number of nitrogens with zero attached hydrogens (tertiary/aromatic N) is 1. The first-order valence-corrected chi connectivity index (χ1v) is 6.41. The van der Waals surface area contributed by atoms with Gasteiger partial charge in [-0.2, -0.15) is 0 Å². The second-order valence-electron chi connectivity index (χ2n) is 3.93. The van der Waals surface area contributed by atoms with Crippen molar-refractivity contribution < 1.29 is 4.74 Å². The van der Waals surface area contributed by atoms with Crippen molar-refractivity contribution in [2.24, 2.45) is 0 Å². The Morgan fingerprint density at radius 3 is 2.73 bits per heavy atom. The van der Waals surface area contributed by atoms with Gasteiger partial charge in [-0.05, 0) is 53.6 Å². The maximum atomic E-state index is 5.38. The van der Waals surface area contributed by atoms with Crippen molar-refractivity contribution in [1.29, 1.82) is 0 Å². The molecular weight excluding hydrogens is 301 g/mol. The summed E-state index contributed by atoms with van der Waals surface area (Å²) in [5.41, 5.74) is 1.31. The molecule has 0 atom stereocenters. The van der Waals surface area contributed by atoms with E-state index < -0.39 is 0 Å². The highest BCUT2D eigenvalue weighted by Gasteiger charge is 2.18. The molecule has 0 N–H and O–H groups in total. The predicted molar refractivity (Wildman–Crippen MR) is 71.4 cm³/mol. The van der Waals surface area contributed by atoms with Crippen LogP contribution in [0.5, 0.6) is 0 Å². The molecule has 2 rings (SSSR count). The third-order valence-corrected chi connectivity index (χ3v) is 3.63. The summed E-state index contributed by atoms with van der Waals surface area (Å²) in [4.78, 5) is 2.38. The fourth-order valence-electron chi connectivity index (χ4n) is 1.98. The molecule has 0 saturated carbocycles. The molecule has 0 unspecified atom stereocenters. The van der Waals surface area contributed by atoms with Gasteiger partial charge in [0.05, 0.1) is 0 Å². The van der Waals surface area contributed by atoms with E-state index in [1.807, 2.05) is 0 Å². The lowest BCUT2D eigenvalue weighted by Crippen LogP contribution is -2.36. The minimum Gasteiger partial charge on any atom is -0.381 e. The van der Waals surface area contributed by atoms with E-state index in [1.54, 1.807) is 0 Å². The minimum absolute atomic E-state index is 0.636. The van der Waals surface area contributed by atoms with Gasteiger partial charge in [-0.3, -0.25) is 0 Å². The Morgan fingerprint density at radius 2 is 2.07 bits per heavy atom. The maximum Gasteiger partial charge on any atom is 0.0485 e. The number of hydrogen-bond donors (Lipinski definition) is 0. The molecule has 1 aliphatic rings. The molecule has 3 heteroatoms. The number of hydrogen-bond acceptors (Lipinski definition) is 2. The van der Waals surface area contributed by atoms with Gasteiger partial charge < -0.3 is 9.64 Å². The second-order valence-corrected chi connectivity index (χ2v) is 5.18. The Morgan fingerprint density at radius 1 is 1.33 bits per heavy atom. The van der Waals surface area contributed by atoms with Gasteiger partial charge in [0.25, 0.3) is 0 Å². The first kappa shape index (κ1) is 11.2. The molecule has 2 nitrogen and oxygen atoms in total. The summed E-state index contributed by atoms with van der Waals surface area (Å²) in [6, 6.07) is 9.29. The number of rotatable bonds is 2. The smallest absolute Gasteiger partial charge is 0.0485 e. The lowest BCUT2D eigenvalue weighted by atomic mass is 10.1. The highest BCUT2D eigenvalue weighted by Crippen LogP contribution is 2.22. The molecule has 0 aromatic heterocycles. The van der Waals surface area contributed by atoms with E-state index in [0.29, 0.717) is 6.04 Å². The standard InChI is InChI=1S/C12H16INO/c1-14(11-5-7-15-8-6-11)12-4-2-3-10(13)9-12/h2-4,9,11H,5-8H2,1H3. The summed E-state index contributed by atoms with van der Waals surface area (Å²) in [6.07, 6.45) is 2.28. The third-order valence-electron chi connectivity index (χ3n) is 2.95. The molecule has 0 bridgehead atoms. The summed E-state index contributed by atoms with van der Waals surface area (Å²) in [6.45, 7) is 1.80. The van der Waals surface area contributed by atoms with Crippen molar-refractivity contribution in [3.63, 3.8) is 0 Å². The number of ether oxygens (including phenoxy) is 1. The van der Waals surface area contributed by atoms with E-state index in [2.05, 4.69) is 58.8 Å². The summed E-state index contributed by atoms with van der Waals surface area (Å²) in [5, 5.41) is 0. The Bertz CT molecular complexity index is 323. The average molecular weight is 317 g/mol.